The Bertz CT molecular complexity index is 1380. The van der Waals surface area contributed by atoms with Crippen LogP contribution in [-0.2, 0) is 30.5 Å². The molecule has 0 aromatic heterocycles. The van der Waals surface area contributed by atoms with Crippen LogP contribution in [0.15, 0.2) is 59.6 Å². The summed E-state index contributed by atoms with van der Waals surface area (Å²) in [5, 5.41) is 26.1. The summed E-state index contributed by atoms with van der Waals surface area (Å²) in [4.78, 5) is 75.6. The van der Waals surface area contributed by atoms with Gasteiger partial charge in [-0.25, -0.2) is 4.79 Å². The number of carboxylic acids is 1. The van der Waals surface area contributed by atoms with Gasteiger partial charge in [-0.15, -0.1) is 0 Å². The Kier molecular flexibility index (Phi) is 14.9. The molecule has 17 heteroatoms. The van der Waals surface area contributed by atoms with Gasteiger partial charge in [-0.1, -0.05) is 30.3 Å². The first kappa shape index (κ1) is 36.5. The van der Waals surface area contributed by atoms with Crippen LogP contribution in [0.4, 0.5) is 16.2 Å². The summed E-state index contributed by atoms with van der Waals surface area (Å²) < 4.78 is 5.11. The van der Waals surface area contributed by atoms with Gasteiger partial charge in [0.05, 0.1) is 4.92 Å². The van der Waals surface area contributed by atoms with Crippen LogP contribution in [0.25, 0.3) is 0 Å². The molecule has 0 radical (unpaired) electrons. The number of benzene rings is 2. The van der Waals surface area contributed by atoms with E-state index in [9.17, 15) is 29.3 Å². The van der Waals surface area contributed by atoms with E-state index in [1.54, 1.807) is 12.1 Å². The average molecular weight is 643 g/mol. The zero-order valence-corrected chi connectivity index (χ0v) is 25.2. The summed E-state index contributed by atoms with van der Waals surface area (Å²) in [7, 11) is 0. The number of nitro benzene ring substituents is 1. The highest BCUT2D eigenvalue weighted by Crippen LogP contribution is 2.19. The molecule has 2 aromatic rings. The van der Waals surface area contributed by atoms with Gasteiger partial charge in [0, 0.05) is 37.8 Å². The Hall–Kier alpha value is -5.74. The van der Waals surface area contributed by atoms with E-state index >= 15 is 0 Å². The summed E-state index contributed by atoms with van der Waals surface area (Å²) in [5.41, 5.74) is 11.8. The summed E-state index contributed by atoms with van der Waals surface area (Å²) >= 11 is 0. The van der Waals surface area contributed by atoms with Crippen LogP contribution in [0.3, 0.4) is 0 Å². The monoisotopic (exact) mass is 642 g/mol. The van der Waals surface area contributed by atoms with E-state index in [2.05, 4.69) is 20.9 Å². The molecule has 2 aromatic carbocycles. The molecule has 3 rings (SSSR count). The van der Waals surface area contributed by atoms with Gasteiger partial charge in [-0.05, 0) is 43.4 Å². The third-order valence-electron chi connectivity index (χ3n) is 6.40. The summed E-state index contributed by atoms with van der Waals surface area (Å²) in [6, 6.07) is 12.7. The summed E-state index contributed by atoms with van der Waals surface area (Å²) in [6.07, 6.45) is 0.733. The first-order valence-electron chi connectivity index (χ1n) is 14.2. The Morgan fingerprint density at radius 3 is 2.37 bits per heavy atom. The van der Waals surface area contributed by atoms with Crippen LogP contribution in [0.2, 0.25) is 0 Å². The zero-order valence-electron chi connectivity index (χ0n) is 25.2. The maximum absolute atomic E-state index is 13.1. The second-order valence-corrected chi connectivity index (χ2v) is 9.98. The molecule has 2 atom stereocenters. The van der Waals surface area contributed by atoms with Crippen molar-refractivity contribution in [1.82, 2.24) is 15.5 Å². The number of hydrogen-bond acceptors (Lipinski definition) is 10. The molecule has 46 heavy (non-hydrogen) atoms. The van der Waals surface area contributed by atoms with Crippen molar-refractivity contribution in [1.29, 1.82) is 0 Å². The van der Waals surface area contributed by atoms with E-state index in [0.29, 0.717) is 24.9 Å². The fourth-order valence-corrected chi connectivity index (χ4v) is 4.31. The van der Waals surface area contributed by atoms with Crippen molar-refractivity contribution >= 4 is 47.1 Å². The third-order valence-corrected chi connectivity index (χ3v) is 6.40. The Balaban J connectivity index is 0.00000173. The maximum atomic E-state index is 13.1. The highest BCUT2D eigenvalue weighted by atomic mass is 16.6. The SMILES string of the molecule is CC(=O)O.NC(N)=NCCC[C@H](Nc1ccc([N+](=O)[O-])cc1)C(=O)NC(=O)[C@@H]1CCCN1C(=O)CNC(=O)OCc1ccccc1. The number of aliphatic imine (C=N–C) groups is 1. The number of non-ortho nitro benzene ring substituents is 1. The van der Waals surface area contributed by atoms with Crippen LogP contribution in [0.1, 0.15) is 38.2 Å². The molecular formula is C29H38N8O9. The predicted octanol–water partition coefficient (Wildman–Crippen LogP) is 1.08. The molecule has 4 amide bonds. The van der Waals surface area contributed by atoms with E-state index in [-0.39, 0.29) is 44.3 Å². The smallest absolute Gasteiger partial charge is 0.407 e. The molecule has 1 fully saturated rings. The van der Waals surface area contributed by atoms with Gasteiger partial charge in [0.15, 0.2) is 5.96 Å². The minimum absolute atomic E-state index is 0.0404. The number of guanidine groups is 1. The van der Waals surface area contributed by atoms with Gasteiger partial charge in [0.25, 0.3) is 11.7 Å². The molecular weight excluding hydrogens is 604 g/mol. The second-order valence-electron chi connectivity index (χ2n) is 9.98. The number of carboxylic acid groups (broad SMARTS) is 1. The van der Waals surface area contributed by atoms with Gasteiger partial charge in [0.1, 0.15) is 25.2 Å². The molecule has 0 aliphatic carbocycles. The fraction of sp³-hybridized carbons (Fsp3) is 0.379. The van der Waals surface area contributed by atoms with Crippen LogP contribution in [-0.4, -0.2) is 82.4 Å². The van der Waals surface area contributed by atoms with E-state index in [1.165, 1.54) is 29.2 Å². The average Bonchev–Trinajstić information content (AvgIpc) is 3.51. The van der Waals surface area contributed by atoms with E-state index in [0.717, 1.165) is 12.5 Å². The lowest BCUT2D eigenvalue weighted by molar-refractivity contribution is -0.384. The van der Waals surface area contributed by atoms with Crippen molar-refractivity contribution in [2.24, 2.45) is 16.5 Å². The largest absolute Gasteiger partial charge is 0.481 e. The zero-order chi connectivity index (χ0) is 34.1. The standard InChI is InChI=1S/C27H34N8O7.C2H4O2/c28-26(29)30-14-4-8-21(32-19-10-12-20(13-11-19)35(40)41)24(37)33-25(38)22-9-5-15-34(22)23(36)16-31-27(39)42-17-18-6-2-1-3-7-18;1-2(3)4/h1-3,6-7,10-13,21-22,32H,4-5,8-9,14-17H2,(H,31,39)(H4,28,29,30)(H,33,37,38);1H3,(H,3,4)/t21-,22-;/m0./s1. The molecule has 0 saturated carbocycles. The number of nitrogens with one attached hydrogen (secondary N) is 3. The highest BCUT2D eigenvalue weighted by molar-refractivity contribution is 6.02. The van der Waals surface area contributed by atoms with Gasteiger partial charge >= 0.3 is 6.09 Å². The Morgan fingerprint density at radius 2 is 1.76 bits per heavy atom. The number of rotatable bonds is 13. The fourth-order valence-electron chi connectivity index (χ4n) is 4.31. The molecule has 17 nitrogen and oxygen atoms in total. The molecule has 1 saturated heterocycles. The van der Waals surface area contributed by atoms with Gasteiger partial charge in [-0.2, -0.15) is 0 Å². The van der Waals surface area contributed by atoms with Crippen LogP contribution in [0.5, 0.6) is 0 Å². The molecule has 1 aliphatic rings. The first-order chi connectivity index (χ1) is 21.9. The van der Waals surface area contributed by atoms with Gasteiger partial charge in [-0.3, -0.25) is 39.6 Å². The van der Waals surface area contributed by atoms with Gasteiger partial charge < -0.3 is 36.8 Å². The first-order valence-corrected chi connectivity index (χ1v) is 14.2. The number of hydrogen-bond donors (Lipinski definition) is 6. The Morgan fingerprint density at radius 1 is 1.11 bits per heavy atom. The van der Waals surface area contributed by atoms with Crippen molar-refractivity contribution in [3.8, 4) is 0 Å². The lowest BCUT2D eigenvalue weighted by Gasteiger charge is -2.25. The topological polar surface area (TPSA) is 262 Å². The minimum Gasteiger partial charge on any atom is -0.481 e. The third kappa shape index (κ3) is 13.3. The minimum atomic E-state index is -0.906. The number of anilines is 1. The molecule has 8 N–H and O–H groups in total. The van der Waals surface area contributed by atoms with Crippen molar-refractivity contribution in [2.75, 3.05) is 25.0 Å². The maximum Gasteiger partial charge on any atom is 0.407 e. The van der Waals surface area contributed by atoms with Crippen molar-refractivity contribution in [3.63, 3.8) is 0 Å². The number of nitrogens with two attached hydrogens (primary N) is 2. The van der Waals surface area contributed by atoms with Gasteiger partial charge in [0.2, 0.25) is 17.7 Å². The van der Waals surface area contributed by atoms with E-state index < -0.39 is 46.8 Å². The highest BCUT2D eigenvalue weighted by Gasteiger charge is 2.35. The van der Waals surface area contributed by atoms with E-state index in [1.807, 2.05) is 18.2 Å². The quantitative estimate of drug-likeness (QED) is 0.0589. The lowest BCUT2D eigenvalue weighted by atomic mass is 10.1. The Labute approximate surface area is 264 Å². The molecule has 0 unspecified atom stereocenters. The number of imide groups is 1. The van der Waals surface area contributed by atoms with Crippen LogP contribution in [0, 0.1) is 10.1 Å². The van der Waals surface area contributed by atoms with Crippen molar-refractivity contribution in [2.45, 2.75) is 51.3 Å². The van der Waals surface area contributed by atoms with Crippen molar-refractivity contribution < 1.29 is 38.7 Å². The number of amides is 4. The molecule has 1 heterocycles. The molecule has 1 aliphatic heterocycles. The lowest BCUT2D eigenvalue weighted by Crippen LogP contribution is -2.52. The number of carbonyl (C=O) groups is 5. The number of likely N-dealkylation sites (tertiary alicyclic amines) is 1. The summed E-state index contributed by atoms with van der Waals surface area (Å²) in [6.45, 7) is 1.28. The second kappa shape index (κ2) is 18.8. The number of nitrogens with zero attached hydrogens (tertiary/aromatic N) is 3. The summed E-state index contributed by atoms with van der Waals surface area (Å²) in [5.74, 6) is -2.73. The number of aliphatic carboxylic acids is 1. The van der Waals surface area contributed by atoms with Crippen LogP contribution < -0.4 is 27.4 Å². The number of alkyl carbamates (subject to hydrolysis) is 1. The molecule has 0 spiro atoms. The normalized spacial score (nSPS) is 14.0. The van der Waals surface area contributed by atoms with Crippen LogP contribution >= 0.6 is 0 Å². The number of carbonyl (C=O) groups excluding carboxylic acids is 4. The molecule has 248 valence electrons. The van der Waals surface area contributed by atoms with Crippen molar-refractivity contribution in [3.05, 3.63) is 70.3 Å². The number of ether oxygens (including phenoxy) is 1. The molecule has 0 bridgehead atoms. The number of nitro groups is 1. The van der Waals surface area contributed by atoms with E-state index in [4.69, 9.17) is 26.1 Å². The predicted molar refractivity (Wildman–Crippen MR) is 166 cm³/mol.